The van der Waals surface area contributed by atoms with Crippen molar-refractivity contribution in [2.24, 2.45) is 0 Å². The zero-order valence-corrected chi connectivity index (χ0v) is 19.5. The number of nitrogens with zero attached hydrogens (tertiary/aromatic N) is 2. The lowest BCUT2D eigenvalue weighted by atomic mass is 10.0. The van der Waals surface area contributed by atoms with E-state index < -0.39 is 18.0 Å². The zero-order chi connectivity index (χ0) is 21.5. The van der Waals surface area contributed by atoms with Gasteiger partial charge in [0.15, 0.2) is 8.68 Å². The van der Waals surface area contributed by atoms with Gasteiger partial charge in [-0.25, -0.2) is 9.59 Å². The SMILES string of the molecule is CCCCSc1nnc(SCC2=C(C(=O)OCC)C(c3ccc(C)o3)NC(=O)N2)s1. The summed E-state index contributed by atoms with van der Waals surface area (Å²) in [6, 6.07) is 2.43. The van der Waals surface area contributed by atoms with Gasteiger partial charge in [-0.3, -0.25) is 0 Å². The van der Waals surface area contributed by atoms with E-state index in [2.05, 4.69) is 27.8 Å². The first-order valence-corrected chi connectivity index (χ1v) is 12.4. The summed E-state index contributed by atoms with van der Waals surface area (Å²) in [5.74, 6) is 2.05. The Bertz CT molecular complexity index is 925. The Morgan fingerprint density at radius 1 is 1.27 bits per heavy atom. The molecule has 3 heterocycles. The summed E-state index contributed by atoms with van der Waals surface area (Å²) in [7, 11) is 0. The first kappa shape index (κ1) is 22.7. The summed E-state index contributed by atoms with van der Waals surface area (Å²) < 4.78 is 12.6. The third-order valence-electron chi connectivity index (χ3n) is 4.15. The van der Waals surface area contributed by atoms with Crippen LogP contribution in [0, 0.1) is 6.92 Å². The van der Waals surface area contributed by atoms with Crippen LogP contribution in [-0.4, -0.2) is 40.3 Å². The number of amides is 2. The second kappa shape index (κ2) is 10.9. The molecule has 0 bridgehead atoms. The molecule has 0 aromatic carbocycles. The number of esters is 1. The van der Waals surface area contributed by atoms with E-state index in [0.717, 1.165) is 27.3 Å². The average Bonchev–Trinajstić information content (AvgIpc) is 3.35. The fourth-order valence-electron chi connectivity index (χ4n) is 2.76. The van der Waals surface area contributed by atoms with Crippen molar-refractivity contribution in [3.8, 4) is 0 Å². The molecule has 2 aromatic rings. The van der Waals surface area contributed by atoms with Crippen LogP contribution in [0.15, 0.2) is 36.5 Å². The number of thioether (sulfide) groups is 2. The smallest absolute Gasteiger partial charge is 0.338 e. The second-order valence-electron chi connectivity index (χ2n) is 6.42. The number of nitrogens with one attached hydrogen (secondary N) is 2. The highest BCUT2D eigenvalue weighted by atomic mass is 32.2. The molecular weight excluding hydrogens is 444 g/mol. The van der Waals surface area contributed by atoms with E-state index in [9.17, 15) is 9.59 Å². The van der Waals surface area contributed by atoms with Gasteiger partial charge in [0.1, 0.15) is 17.6 Å². The summed E-state index contributed by atoms with van der Waals surface area (Å²) in [4.78, 5) is 25.0. The van der Waals surface area contributed by atoms with E-state index in [1.807, 2.05) is 6.92 Å². The van der Waals surface area contributed by atoms with Gasteiger partial charge in [0.2, 0.25) is 0 Å². The number of hydrogen-bond donors (Lipinski definition) is 2. The van der Waals surface area contributed by atoms with Crippen molar-refractivity contribution in [2.75, 3.05) is 18.1 Å². The van der Waals surface area contributed by atoms with Crippen molar-refractivity contribution in [2.45, 2.75) is 48.3 Å². The predicted octanol–water partition coefficient (Wildman–Crippen LogP) is 4.30. The van der Waals surface area contributed by atoms with Crippen molar-refractivity contribution >= 4 is 46.9 Å². The molecule has 8 nitrogen and oxygen atoms in total. The van der Waals surface area contributed by atoms with Gasteiger partial charge in [-0.15, -0.1) is 10.2 Å². The zero-order valence-electron chi connectivity index (χ0n) is 17.0. The number of ether oxygens (including phenoxy) is 1. The van der Waals surface area contributed by atoms with Crippen LogP contribution in [-0.2, 0) is 9.53 Å². The molecule has 0 saturated carbocycles. The van der Waals surface area contributed by atoms with Gasteiger partial charge >= 0.3 is 12.0 Å². The Balaban J connectivity index is 1.80. The highest BCUT2D eigenvalue weighted by molar-refractivity contribution is 8.03. The maximum Gasteiger partial charge on any atom is 0.338 e. The number of urea groups is 1. The highest BCUT2D eigenvalue weighted by Crippen LogP contribution is 2.34. The Morgan fingerprint density at radius 2 is 2.03 bits per heavy atom. The van der Waals surface area contributed by atoms with Gasteiger partial charge in [0.25, 0.3) is 0 Å². The van der Waals surface area contributed by atoms with Crippen molar-refractivity contribution in [1.82, 2.24) is 20.8 Å². The minimum absolute atomic E-state index is 0.231. The number of aromatic nitrogens is 2. The quantitative estimate of drug-likeness (QED) is 0.302. The van der Waals surface area contributed by atoms with Crippen LogP contribution in [0.5, 0.6) is 0 Å². The number of carbonyl (C=O) groups excluding carboxylic acids is 2. The Labute approximate surface area is 187 Å². The number of hydrogen-bond acceptors (Lipinski definition) is 9. The van der Waals surface area contributed by atoms with Gasteiger partial charge < -0.3 is 19.8 Å². The number of furan rings is 1. The molecular formula is C19H24N4O4S3. The van der Waals surface area contributed by atoms with Crippen molar-refractivity contribution in [1.29, 1.82) is 0 Å². The molecule has 2 aromatic heterocycles. The first-order chi connectivity index (χ1) is 14.5. The van der Waals surface area contributed by atoms with Crippen LogP contribution < -0.4 is 10.6 Å². The fourth-order valence-corrected chi connectivity index (χ4v) is 5.90. The van der Waals surface area contributed by atoms with Gasteiger partial charge in [-0.1, -0.05) is 48.2 Å². The molecule has 1 aliphatic heterocycles. The molecule has 0 radical (unpaired) electrons. The van der Waals surface area contributed by atoms with Crippen LogP contribution in [0.3, 0.4) is 0 Å². The van der Waals surface area contributed by atoms with E-state index in [1.54, 1.807) is 30.8 Å². The summed E-state index contributed by atoms with van der Waals surface area (Å²) in [5.41, 5.74) is 0.817. The minimum atomic E-state index is -0.711. The molecule has 0 saturated heterocycles. The molecule has 1 atom stereocenters. The van der Waals surface area contributed by atoms with Crippen LogP contribution in [0.1, 0.15) is 44.3 Å². The normalized spacial score (nSPS) is 16.4. The Kier molecular flexibility index (Phi) is 8.23. The lowest BCUT2D eigenvalue weighted by molar-refractivity contribution is -0.139. The molecule has 162 valence electrons. The molecule has 11 heteroatoms. The lowest BCUT2D eigenvalue weighted by Gasteiger charge is -2.27. The fraction of sp³-hybridized carbons (Fsp3) is 0.474. The van der Waals surface area contributed by atoms with Crippen LogP contribution in [0.4, 0.5) is 4.79 Å². The summed E-state index contributed by atoms with van der Waals surface area (Å²) in [5, 5.41) is 13.9. The molecule has 2 amide bonds. The maximum absolute atomic E-state index is 12.7. The van der Waals surface area contributed by atoms with Gasteiger partial charge in [0, 0.05) is 17.2 Å². The van der Waals surface area contributed by atoms with E-state index >= 15 is 0 Å². The van der Waals surface area contributed by atoms with Crippen molar-refractivity contribution in [3.05, 3.63) is 34.9 Å². The Hall–Kier alpha value is -1.98. The maximum atomic E-state index is 12.7. The van der Waals surface area contributed by atoms with Crippen molar-refractivity contribution in [3.63, 3.8) is 0 Å². The van der Waals surface area contributed by atoms with Crippen LogP contribution in [0.2, 0.25) is 0 Å². The monoisotopic (exact) mass is 468 g/mol. The summed E-state index contributed by atoms with van der Waals surface area (Å²) in [6.07, 6.45) is 2.28. The Morgan fingerprint density at radius 3 is 2.70 bits per heavy atom. The van der Waals surface area contributed by atoms with Gasteiger partial charge in [0.05, 0.1) is 12.2 Å². The lowest BCUT2D eigenvalue weighted by Crippen LogP contribution is -2.46. The van der Waals surface area contributed by atoms with Crippen LogP contribution >= 0.6 is 34.9 Å². The van der Waals surface area contributed by atoms with E-state index in [0.29, 0.717) is 28.5 Å². The first-order valence-electron chi connectivity index (χ1n) is 9.64. The predicted molar refractivity (Wildman–Crippen MR) is 118 cm³/mol. The number of rotatable bonds is 10. The molecule has 1 unspecified atom stereocenters. The van der Waals surface area contributed by atoms with Gasteiger partial charge in [-0.05, 0) is 32.4 Å². The third-order valence-corrected chi connectivity index (χ3v) is 7.45. The minimum Gasteiger partial charge on any atom is -0.464 e. The van der Waals surface area contributed by atoms with E-state index in [4.69, 9.17) is 9.15 Å². The number of aryl methyl sites for hydroxylation is 1. The third kappa shape index (κ3) is 5.79. The molecule has 0 spiro atoms. The van der Waals surface area contributed by atoms with E-state index in [-0.39, 0.29) is 6.61 Å². The molecule has 0 fully saturated rings. The molecule has 3 rings (SSSR count). The summed E-state index contributed by atoms with van der Waals surface area (Å²) >= 11 is 4.63. The topological polar surface area (TPSA) is 106 Å². The second-order valence-corrected chi connectivity index (χ2v) is 9.96. The molecule has 1 aliphatic rings. The largest absolute Gasteiger partial charge is 0.464 e. The van der Waals surface area contributed by atoms with Crippen molar-refractivity contribution < 1.29 is 18.7 Å². The molecule has 2 N–H and O–H groups in total. The van der Waals surface area contributed by atoms with Gasteiger partial charge in [-0.2, -0.15) is 0 Å². The molecule has 30 heavy (non-hydrogen) atoms. The average molecular weight is 469 g/mol. The number of unbranched alkanes of at least 4 members (excludes halogenated alkanes) is 1. The van der Waals surface area contributed by atoms with Crippen LogP contribution in [0.25, 0.3) is 0 Å². The summed E-state index contributed by atoms with van der Waals surface area (Å²) in [6.45, 7) is 5.94. The highest BCUT2D eigenvalue weighted by Gasteiger charge is 2.35. The van der Waals surface area contributed by atoms with E-state index in [1.165, 1.54) is 23.1 Å². The standard InChI is InChI=1S/C19H24N4O4S3/c1-4-6-9-28-18-22-23-19(30-18)29-10-12-14(16(24)26-5-2)15(21-17(25)20-12)13-8-7-11(3)27-13/h7-8,15H,4-6,9-10H2,1-3H3,(H2,20,21,25). The number of carbonyl (C=O) groups is 2. The molecule has 0 aliphatic carbocycles.